The summed E-state index contributed by atoms with van der Waals surface area (Å²) >= 11 is 0. The van der Waals surface area contributed by atoms with E-state index in [1.54, 1.807) is 0 Å². The Morgan fingerprint density at radius 3 is 1.29 bits per heavy atom. The second-order valence-corrected chi connectivity index (χ2v) is 11.2. The van der Waals surface area contributed by atoms with Crippen molar-refractivity contribution in [3.63, 3.8) is 0 Å². The van der Waals surface area contributed by atoms with Gasteiger partial charge in [0.05, 0.1) is 0 Å². The fraction of sp³-hybridized carbons (Fsp3) is 0.500. The largest absolute Gasteiger partial charge is 0.507 e. The fourth-order valence-corrected chi connectivity index (χ4v) is 4.20. The molecule has 0 saturated heterocycles. The van der Waals surface area contributed by atoms with E-state index in [-0.39, 0.29) is 35.2 Å². The molecule has 0 heterocycles. The highest BCUT2D eigenvalue weighted by Gasteiger charge is 2.28. The topological polar surface area (TPSA) is 115 Å². The molecule has 186 valence electrons. The maximum Gasteiger partial charge on any atom is 0.303 e. The van der Waals surface area contributed by atoms with Crippen LogP contribution in [0.4, 0.5) is 0 Å². The Bertz CT molecular complexity index is 984. The molecule has 0 aliphatic carbocycles. The highest BCUT2D eigenvalue weighted by molar-refractivity contribution is 5.68. The van der Waals surface area contributed by atoms with Crippen LogP contribution in [0.2, 0.25) is 0 Å². The van der Waals surface area contributed by atoms with Crippen molar-refractivity contribution < 1.29 is 30.0 Å². The molecule has 0 atom stereocenters. The Labute approximate surface area is 202 Å². The first kappa shape index (κ1) is 27.2. The number of carboxylic acid groups (broad SMARTS) is 2. The summed E-state index contributed by atoms with van der Waals surface area (Å²) in [6.07, 6.45) is 0.616. The summed E-state index contributed by atoms with van der Waals surface area (Å²) < 4.78 is 0. The van der Waals surface area contributed by atoms with Gasteiger partial charge in [0, 0.05) is 29.9 Å². The van der Waals surface area contributed by atoms with Crippen molar-refractivity contribution in [2.45, 2.75) is 90.9 Å². The van der Waals surface area contributed by atoms with E-state index >= 15 is 0 Å². The third kappa shape index (κ3) is 6.52. The Balaban J connectivity index is 2.72. The van der Waals surface area contributed by atoms with Crippen LogP contribution in [0.1, 0.15) is 101 Å². The summed E-state index contributed by atoms with van der Waals surface area (Å²) in [4.78, 5) is 22.3. The molecule has 0 aliphatic rings. The molecule has 2 aromatic rings. The molecule has 6 nitrogen and oxygen atoms in total. The van der Waals surface area contributed by atoms with Crippen molar-refractivity contribution in [1.82, 2.24) is 0 Å². The minimum Gasteiger partial charge on any atom is -0.507 e. The Morgan fingerprint density at radius 2 is 1.03 bits per heavy atom. The normalized spacial score (nSPS) is 12.2. The number of benzene rings is 2. The highest BCUT2D eigenvalue weighted by atomic mass is 16.4. The zero-order valence-corrected chi connectivity index (χ0v) is 21.3. The maximum atomic E-state index is 11.2. The van der Waals surface area contributed by atoms with Crippen molar-refractivity contribution in [2.24, 2.45) is 0 Å². The first-order valence-electron chi connectivity index (χ1n) is 11.7. The summed E-state index contributed by atoms with van der Waals surface area (Å²) in [6.45, 7) is 13.8. The number of carboxylic acids is 2. The lowest BCUT2D eigenvalue weighted by Gasteiger charge is -2.28. The van der Waals surface area contributed by atoms with Gasteiger partial charge in [0.1, 0.15) is 11.5 Å². The molecule has 2 rings (SSSR count). The average Bonchev–Trinajstić information content (AvgIpc) is 2.69. The predicted molar refractivity (Wildman–Crippen MR) is 133 cm³/mol. The molecule has 0 spiro atoms. The number of carbonyl (C=O) groups is 2. The molecular weight excluding hydrogens is 432 g/mol. The van der Waals surface area contributed by atoms with Crippen molar-refractivity contribution in [3.05, 3.63) is 57.6 Å². The molecule has 0 aliphatic heterocycles. The summed E-state index contributed by atoms with van der Waals surface area (Å²) in [7, 11) is 0. The number of aromatic hydroxyl groups is 2. The Hall–Kier alpha value is -3.02. The van der Waals surface area contributed by atoms with Gasteiger partial charge in [0.15, 0.2) is 0 Å². The molecule has 2 aromatic carbocycles. The number of aryl methyl sites for hydroxylation is 2. The number of hydrogen-bond donors (Lipinski definition) is 4. The summed E-state index contributed by atoms with van der Waals surface area (Å²) in [5.74, 6) is -1.92. The summed E-state index contributed by atoms with van der Waals surface area (Å²) in [6, 6.07) is 7.35. The van der Waals surface area contributed by atoms with E-state index < -0.39 is 17.9 Å². The number of phenols is 2. The second-order valence-electron chi connectivity index (χ2n) is 11.2. The number of phenolic OH excluding ortho intramolecular Hbond substituents is 2. The van der Waals surface area contributed by atoms with Crippen molar-refractivity contribution >= 4 is 11.9 Å². The van der Waals surface area contributed by atoms with E-state index in [4.69, 9.17) is 10.2 Å². The minimum atomic E-state index is -0.890. The second kappa shape index (κ2) is 10.1. The van der Waals surface area contributed by atoms with Crippen LogP contribution in [-0.2, 0) is 33.3 Å². The SMILES string of the molecule is CC(c1cc(CCC(=O)O)cc(C(C)(C)C)c1O)c1cc(CCC(=O)O)cc(C(C)(C)C)c1O. The van der Waals surface area contributed by atoms with Gasteiger partial charge in [0.2, 0.25) is 0 Å². The molecule has 0 amide bonds. The van der Waals surface area contributed by atoms with Gasteiger partial charge in [-0.25, -0.2) is 0 Å². The molecule has 4 N–H and O–H groups in total. The zero-order valence-electron chi connectivity index (χ0n) is 21.3. The van der Waals surface area contributed by atoms with E-state index in [0.717, 1.165) is 22.3 Å². The van der Waals surface area contributed by atoms with Crippen molar-refractivity contribution in [3.8, 4) is 11.5 Å². The van der Waals surface area contributed by atoms with Crippen LogP contribution in [-0.4, -0.2) is 32.4 Å². The summed E-state index contributed by atoms with van der Waals surface area (Å²) in [5, 5.41) is 40.8. The van der Waals surface area contributed by atoms with E-state index in [1.165, 1.54) is 0 Å². The highest BCUT2D eigenvalue weighted by Crippen LogP contribution is 2.44. The van der Waals surface area contributed by atoms with Crippen molar-refractivity contribution in [2.75, 3.05) is 0 Å². The molecule has 0 aromatic heterocycles. The molecule has 0 saturated carbocycles. The molecule has 0 unspecified atom stereocenters. The van der Waals surface area contributed by atoms with Crippen LogP contribution in [0.25, 0.3) is 0 Å². The lowest BCUT2D eigenvalue weighted by Crippen LogP contribution is -2.15. The van der Waals surface area contributed by atoms with Crippen LogP contribution < -0.4 is 0 Å². The van der Waals surface area contributed by atoms with E-state index in [0.29, 0.717) is 24.0 Å². The molecule has 0 bridgehead atoms. The van der Waals surface area contributed by atoms with Gasteiger partial charge in [-0.1, -0.05) is 72.7 Å². The average molecular weight is 471 g/mol. The van der Waals surface area contributed by atoms with Gasteiger partial charge in [0.25, 0.3) is 0 Å². The predicted octanol–water partition coefficient (Wildman–Crippen LogP) is 5.88. The van der Waals surface area contributed by atoms with Gasteiger partial charge in [-0.05, 0) is 45.9 Å². The monoisotopic (exact) mass is 470 g/mol. The van der Waals surface area contributed by atoms with E-state index in [9.17, 15) is 19.8 Å². The third-order valence-electron chi connectivity index (χ3n) is 6.20. The Morgan fingerprint density at radius 1 is 0.706 bits per heavy atom. The molecule has 0 radical (unpaired) electrons. The molecule has 0 fully saturated rings. The summed E-state index contributed by atoms with van der Waals surface area (Å²) in [5.41, 5.74) is 3.52. The lowest BCUT2D eigenvalue weighted by atomic mass is 9.78. The number of aliphatic carboxylic acids is 2. The standard InChI is InChI=1S/C28H38O6/c1-16(19-12-17(8-10-23(29)30)14-21(25(19)33)27(2,3)4)20-13-18(9-11-24(31)32)15-22(26(20)34)28(5,6)7/h12-16,33-34H,8-11H2,1-7H3,(H,29,30)(H,31,32). The van der Waals surface area contributed by atoms with Gasteiger partial charge < -0.3 is 20.4 Å². The minimum absolute atomic E-state index is 0.0216. The fourth-order valence-electron chi connectivity index (χ4n) is 4.20. The third-order valence-corrected chi connectivity index (χ3v) is 6.20. The Kier molecular flexibility index (Phi) is 8.07. The van der Waals surface area contributed by atoms with Crippen LogP contribution in [0.3, 0.4) is 0 Å². The quantitative estimate of drug-likeness (QED) is 0.383. The lowest BCUT2D eigenvalue weighted by molar-refractivity contribution is -0.138. The first-order valence-corrected chi connectivity index (χ1v) is 11.7. The van der Waals surface area contributed by atoms with E-state index in [1.807, 2.05) is 72.7 Å². The van der Waals surface area contributed by atoms with Gasteiger partial charge in [-0.3, -0.25) is 9.59 Å². The van der Waals surface area contributed by atoms with Crippen LogP contribution in [0.15, 0.2) is 24.3 Å². The zero-order chi connectivity index (χ0) is 26.0. The number of hydrogen-bond acceptors (Lipinski definition) is 4. The maximum absolute atomic E-state index is 11.2. The molecular formula is C28H38O6. The van der Waals surface area contributed by atoms with Gasteiger partial charge >= 0.3 is 11.9 Å². The van der Waals surface area contributed by atoms with Crippen molar-refractivity contribution in [1.29, 1.82) is 0 Å². The van der Waals surface area contributed by atoms with Crippen LogP contribution in [0.5, 0.6) is 11.5 Å². The smallest absolute Gasteiger partial charge is 0.303 e. The number of rotatable bonds is 8. The van der Waals surface area contributed by atoms with E-state index in [2.05, 4.69) is 0 Å². The van der Waals surface area contributed by atoms with Gasteiger partial charge in [-0.2, -0.15) is 0 Å². The van der Waals surface area contributed by atoms with Crippen LogP contribution >= 0.6 is 0 Å². The molecule has 6 heteroatoms. The molecule has 34 heavy (non-hydrogen) atoms. The van der Waals surface area contributed by atoms with Gasteiger partial charge in [-0.15, -0.1) is 0 Å². The van der Waals surface area contributed by atoms with Crippen LogP contribution in [0, 0.1) is 0 Å². The first-order chi connectivity index (χ1) is 15.5.